The van der Waals surface area contributed by atoms with Crippen LogP contribution < -0.4 is 10.1 Å². The molecular weight excluding hydrogens is 381 g/mol. The van der Waals surface area contributed by atoms with E-state index in [-0.39, 0.29) is 42.5 Å². The summed E-state index contributed by atoms with van der Waals surface area (Å²) in [4.78, 5) is 24.6. The molecule has 1 N–H and O–H groups in total. The summed E-state index contributed by atoms with van der Waals surface area (Å²) >= 11 is 0. The number of nitrogens with zero attached hydrogens (tertiary/aromatic N) is 2. The summed E-state index contributed by atoms with van der Waals surface area (Å²) in [5.41, 5.74) is -0.272. The molecule has 1 amide bonds. The number of alkyl carbamates (subject to hydrolysis) is 1. The lowest BCUT2D eigenvalue weighted by Crippen LogP contribution is -2.46. The van der Waals surface area contributed by atoms with Gasteiger partial charge < -0.3 is 19.5 Å². The highest BCUT2D eigenvalue weighted by Crippen LogP contribution is 2.34. The number of amides is 1. The second-order valence-corrected chi connectivity index (χ2v) is 7.57. The van der Waals surface area contributed by atoms with Gasteiger partial charge in [0.25, 0.3) is 0 Å². The first-order valence-electron chi connectivity index (χ1n) is 9.34. The molecule has 2 aromatic rings. The van der Waals surface area contributed by atoms with Crippen LogP contribution in [0.2, 0.25) is 0 Å². The molecule has 3 rings (SSSR count). The highest BCUT2D eigenvalue weighted by molar-refractivity contribution is 5.99. The van der Waals surface area contributed by atoms with E-state index in [0.717, 1.165) is 0 Å². The molecule has 9 heteroatoms. The van der Waals surface area contributed by atoms with Crippen LogP contribution in [-0.4, -0.2) is 46.7 Å². The van der Waals surface area contributed by atoms with Crippen molar-refractivity contribution in [2.45, 2.75) is 45.9 Å². The van der Waals surface area contributed by atoms with Crippen molar-refractivity contribution in [2.24, 2.45) is 0 Å². The van der Waals surface area contributed by atoms with Crippen molar-refractivity contribution in [3.05, 3.63) is 35.6 Å². The van der Waals surface area contributed by atoms with Crippen molar-refractivity contribution >= 4 is 12.1 Å². The van der Waals surface area contributed by atoms with Gasteiger partial charge in [-0.15, -0.1) is 0 Å². The fraction of sp³-hybridized carbons (Fsp3) is 0.450. The fourth-order valence-corrected chi connectivity index (χ4v) is 2.95. The van der Waals surface area contributed by atoms with Crippen LogP contribution in [0.3, 0.4) is 0 Å². The Morgan fingerprint density at radius 2 is 2.07 bits per heavy atom. The third-order valence-corrected chi connectivity index (χ3v) is 4.05. The summed E-state index contributed by atoms with van der Waals surface area (Å²) in [7, 11) is 0. The molecule has 0 saturated heterocycles. The highest BCUT2D eigenvalue weighted by atomic mass is 19.1. The number of carbonyl (C=O) groups is 2. The Labute approximate surface area is 167 Å². The van der Waals surface area contributed by atoms with Gasteiger partial charge in [0.05, 0.1) is 19.2 Å². The molecule has 0 bridgehead atoms. The predicted molar refractivity (Wildman–Crippen MR) is 102 cm³/mol. The molecule has 1 atom stereocenters. The lowest BCUT2D eigenvalue weighted by molar-refractivity contribution is 0.0447. The molecular formula is C20H24FN3O5. The van der Waals surface area contributed by atoms with Gasteiger partial charge in [0, 0.05) is 5.56 Å². The average molecular weight is 405 g/mol. The van der Waals surface area contributed by atoms with Gasteiger partial charge in [-0.2, -0.15) is 5.10 Å². The van der Waals surface area contributed by atoms with E-state index in [2.05, 4.69) is 10.4 Å². The first kappa shape index (κ1) is 20.6. The number of aromatic nitrogens is 2. The molecule has 1 unspecified atom stereocenters. The SMILES string of the molecule is CCOC(=O)c1c(-c2ccccc2F)nn2c1OCC(NC(=O)OC(C)(C)C)C2. The number of hydrogen-bond donors (Lipinski definition) is 1. The van der Waals surface area contributed by atoms with Gasteiger partial charge in [0.15, 0.2) is 0 Å². The first-order valence-corrected chi connectivity index (χ1v) is 9.34. The molecule has 0 aliphatic carbocycles. The number of nitrogens with one attached hydrogen (secondary N) is 1. The molecule has 1 aliphatic rings. The second kappa shape index (κ2) is 8.10. The lowest BCUT2D eigenvalue weighted by Gasteiger charge is -2.27. The fourth-order valence-electron chi connectivity index (χ4n) is 2.95. The number of fused-ring (bicyclic) bond motifs is 1. The van der Waals surface area contributed by atoms with Crippen LogP contribution in [0, 0.1) is 5.82 Å². The zero-order chi connectivity index (χ0) is 21.2. The molecule has 1 aliphatic heterocycles. The van der Waals surface area contributed by atoms with Gasteiger partial charge in [-0.1, -0.05) is 12.1 Å². The third kappa shape index (κ3) is 4.67. The average Bonchev–Trinajstić information content (AvgIpc) is 2.99. The van der Waals surface area contributed by atoms with E-state index in [1.165, 1.54) is 16.8 Å². The molecule has 1 aromatic heterocycles. The lowest BCUT2D eigenvalue weighted by atomic mass is 10.1. The van der Waals surface area contributed by atoms with Crippen molar-refractivity contribution in [2.75, 3.05) is 13.2 Å². The largest absolute Gasteiger partial charge is 0.475 e. The number of ether oxygens (including phenoxy) is 3. The number of esters is 1. The van der Waals surface area contributed by atoms with Crippen LogP contribution >= 0.6 is 0 Å². The maximum atomic E-state index is 14.4. The van der Waals surface area contributed by atoms with E-state index in [9.17, 15) is 14.0 Å². The van der Waals surface area contributed by atoms with Crippen LogP contribution in [0.1, 0.15) is 38.1 Å². The van der Waals surface area contributed by atoms with Crippen LogP contribution in [0.5, 0.6) is 5.88 Å². The summed E-state index contributed by atoms with van der Waals surface area (Å²) < 4.78 is 31.9. The van der Waals surface area contributed by atoms with Gasteiger partial charge >= 0.3 is 12.1 Å². The van der Waals surface area contributed by atoms with Crippen molar-refractivity contribution in [3.63, 3.8) is 0 Å². The molecule has 0 radical (unpaired) electrons. The number of hydrogen-bond acceptors (Lipinski definition) is 6. The highest BCUT2D eigenvalue weighted by Gasteiger charge is 2.33. The van der Waals surface area contributed by atoms with Gasteiger partial charge in [-0.3, -0.25) is 0 Å². The number of carbonyl (C=O) groups excluding carboxylic acids is 2. The zero-order valence-electron chi connectivity index (χ0n) is 16.8. The number of benzene rings is 1. The summed E-state index contributed by atoms with van der Waals surface area (Å²) in [5, 5.41) is 7.09. The van der Waals surface area contributed by atoms with Gasteiger partial charge in [0.2, 0.25) is 5.88 Å². The second-order valence-electron chi connectivity index (χ2n) is 7.57. The van der Waals surface area contributed by atoms with E-state index in [0.29, 0.717) is 0 Å². The molecule has 2 heterocycles. The zero-order valence-corrected chi connectivity index (χ0v) is 16.8. The van der Waals surface area contributed by atoms with Crippen LogP contribution in [-0.2, 0) is 16.0 Å². The molecule has 1 aromatic carbocycles. The van der Waals surface area contributed by atoms with Crippen LogP contribution in [0.15, 0.2) is 24.3 Å². The maximum Gasteiger partial charge on any atom is 0.408 e. The Morgan fingerprint density at radius 1 is 1.34 bits per heavy atom. The van der Waals surface area contributed by atoms with Crippen molar-refractivity contribution in [3.8, 4) is 17.1 Å². The van der Waals surface area contributed by atoms with Crippen molar-refractivity contribution < 1.29 is 28.2 Å². The Balaban J connectivity index is 1.91. The molecule has 0 fully saturated rings. The number of rotatable bonds is 4. The van der Waals surface area contributed by atoms with Crippen molar-refractivity contribution in [1.29, 1.82) is 0 Å². The van der Waals surface area contributed by atoms with E-state index in [4.69, 9.17) is 14.2 Å². The minimum Gasteiger partial charge on any atom is -0.475 e. The minimum absolute atomic E-state index is 0.0627. The summed E-state index contributed by atoms with van der Waals surface area (Å²) in [6.07, 6.45) is -0.582. The van der Waals surface area contributed by atoms with Crippen LogP contribution in [0.25, 0.3) is 11.3 Å². The van der Waals surface area contributed by atoms with E-state index >= 15 is 0 Å². The molecule has 0 spiro atoms. The monoisotopic (exact) mass is 405 g/mol. The summed E-state index contributed by atoms with van der Waals surface area (Å²) in [6, 6.07) is 5.59. The summed E-state index contributed by atoms with van der Waals surface area (Å²) in [6.45, 7) is 7.47. The maximum absolute atomic E-state index is 14.4. The smallest absolute Gasteiger partial charge is 0.408 e. The third-order valence-electron chi connectivity index (χ3n) is 4.05. The Morgan fingerprint density at radius 3 is 2.72 bits per heavy atom. The van der Waals surface area contributed by atoms with Gasteiger partial charge in [-0.05, 0) is 39.8 Å². The van der Waals surface area contributed by atoms with E-state index in [1.807, 2.05) is 0 Å². The Kier molecular flexibility index (Phi) is 5.76. The number of halogens is 1. The van der Waals surface area contributed by atoms with Gasteiger partial charge in [0.1, 0.15) is 29.3 Å². The summed E-state index contributed by atoms with van der Waals surface area (Å²) in [5.74, 6) is -0.980. The molecule has 29 heavy (non-hydrogen) atoms. The van der Waals surface area contributed by atoms with E-state index < -0.39 is 29.5 Å². The molecule has 156 valence electrons. The molecule has 0 saturated carbocycles. The molecule has 8 nitrogen and oxygen atoms in total. The van der Waals surface area contributed by atoms with Gasteiger partial charge in [-0.25, -0.2) is 18.7 Å². The quantitative estimate of drug-likeness (QED) is 0.786. The van der Waals surface area contributed by atoms with Crippen LogP contribution in [0.4, 0.5) is 9.18 Å². The first-order chi connectivity index (χ1) is 13.7. The Bertz CT molecular complexity index is 919. The predicted octanol–water partition coefficient (Wildman–Crippen LogP) is 3.15. The van der Waals surface area contributed by atoms with E-state index in [1.54, 1.807) is 39.8 Å². The van der Waals surface area contributed by atoms with Crippen molar-refractivity contribution in [1.82, 2.24) is 15.1 Å². The normalized spacial score (nSPS) is 15.8. The standard InChI is InChI=1S/C20H24FN3O5/c1-5-27-18(25)15-16(13-8-6-7-9-14(13)21)23-24-10-12(11-28-17(15)24)22-19(26)29-20(2,3)4/h6-9,12H,5,10-11H2,1-4H3,(H,22,26). The Hall–Kier alpha value is -3.10. The minimum atomic E-state index is -0.648. The topological polar surface area (TPSA) is 91.7 Å².